The Labute approximate surface area is 166 Å². The lowest BCUT2D eigenvalue weighted by molar-refractivity contribution is 0.403. The van der Waals surface area contributed by atoms with E-state index in [1.54, 1.807) is 0 Å². The second kappa shape index (κ2) is 7.00. The summed E-state index contributed by atoms with van der Waals surface area (Å²) in [7, 11) is 1.83. The van der Waals surface area contributed by atoms with Crippen molar-refractivity contribution >= 4 is 0 Å². The van der Waals surface area contributed by atoms with Crippen LogP contribution in [0.15, 0.2) is 24.3 Å². The van der Waals surface area contributed by atoms with E-state index in [9.17, 15) is 0 Å². The van der Waals surface area contributed by atoms with Crippen LogP contribution < -0.4 is 4.74 Å². The summed E-state index contributed by atoms with van der Waals surface area (Å²) < 4.78 is 5.89. The van der Waals surface area contributed by atoms with Crippen LogP contribution in [0.5, 0.6) is 5.75 Å². The summed E-state index contributed by atoms with van der Waals surface area (Å²) in [6.07, 6.45) is 4.22. The third-order valence-electron chi connectivity index (χ3n) is 6.13. The molecule has 2 aromatic rings. The van der Waals surface area contributed by atoms with Crippen LogP contribution in [0.3, 0.4) is 0 Å². The van der Waals surface area contributed by atoms with Gasteiger partial charge in [0, 0.05) is 0 Å². The quantitative estimate of drug-likeness (QED) is 0.562. The minimum atomic E-state index is 0.156. The molecule has 0 aliphatic heterocycles. The number of fused-ring (bicyclic) bond motifs is 4. The highest BCUT2D eigenvalue weighted by molar-refractivity contribution is 5.49. The van der Waals surface area contributed by atoms with Crippen LogP contribution in [0.4, 0.5) is 0 Å². The Balaban J connectivity index is 2.13. The van der Waals surface area contributed by atoms with Crippen molar-refractivity contribution in [1.29, 1.82) is 0 Å². The molecule has 0 radical (unpaired) electrons. The summed E-state index contributed by atoms with van der Waals surface area (Å²) >= 11 is 0. The molecule has 0 spiro atoms. The number of hydrogen-bond donors (Lipinski definition) is 0. The molecule has 1 aliphatic rings. The molecule has 0 fully saturated rings. The Hall–Kier alpha value is -1.76. The number of benzene rings is 2. The monoisotopic (exact) mass is 364 g/mol. The number of aryl methyl sites for hydroxylation is 4. The number of methoxy groups -OCH3 is 1. The second-order valence-corrected chi connectivity index (χ2v) is 10.2. The number of hydrogen-bond acceptors (Lipinski definition) is 1. The first-order valence-corrected chi connectivity index (χ1v) is 10.3. The molecule has 0 unspecified atom stereocenters. The van der Waals surface area contributed by atoms with Crippen molar-refractivity contribution in [3.05, 3.63) is 63.2 Å². The van der Waals surface area contributed by atoms with E-state index in [0.717, 1.165) is 31.4 Å². The summed E-state index contributed by atoms with van der Waals surface area (Å²) in [5.74, 6) is 1.11. The Morgan fingerprint density at radius 2 is 0.963 bits per heavy atom. The SMILES string of the molecule is COc1c2cc(C(C)(C)C)cc1CCc1cc(C(C)(C)C)cc(c1C)CC2. The van der Waals surface area contributed by atoms with Gasteiger partial charge in [0.1, 0.15) is 5.75 Å². The fourth-order valence-electron chi connectivity index (χ4n) is 4.15. The van der Waals surface area contributed by atoms with Crippen LogP contribution in [0, 0.1) is 6.92 Å². The molecule has 4 bridgehead atoms. The maximum atomic E-state index is 5.89. The lowest BCUT2D eigenvalue weighted by atomic mass is 9.79. The van der Waals surface area contributed by atoms with Crippen molar-refractivity contribution in [3.63, 3.8) is 0 Å². The van der Waals surface area contributed by atoms with Crippen molar-refractivity contribution in [2.75, 3.05) is 7.11 Å². The van der Waals surface area contributed by atoms with Gasteiger partial charge in [0.25, 0.3) is 0 Å². The van der Waals surface area contributed by atoms with E-state index in [2.05, 4.69) is 72.7 Å². The maximum absolute atomic E-state index is 5.89. The zero-order valence-electron chi connectivity index (χ0n) is 18.5. The van der Waals surface area contributed by atoms with E-state index in [1.807, 2.05) is 7.11 Å². The molecule has 0 amide bonds. The van der Waals surface area contributed by atoms with Crippen molar-refractivity contribution in [2.45, 2.75) is 85.0 Å². The lowest BCUT2D eigenvalue weighted by Crippen LogP contribution is -2.16. The number of rotatable bonds is 1. The van der Waals surface area contributed by atoms with Crippen LogP contribution in [0.2, 0.25) is 0 Å². The van der Waals surface area contributed by atoms with Crippen LogP contribution >= 0.6 is 0 Å². The Bertz CT molecular complexity index is 793. The van der Waals surface area contributed by atoms with Gasteiger partial charge in [-0.3, -0.25) is 0 Å². The van der Waals surface area contributed by atoms with Gasteiger partial charge in [-0.2, -0.15) is 0 Å². The smallest absolute Gasteiger partial charge is 0.125 e. The summed E-state index contributed by atoms with van der Waals surface area (Å²) in [6.45, 7) is 16.2. The first-order chi connectivity index (χ1) is 12.5. The fraction of sp³-hybridized carbons (Fsp3) is 0.538. The van der Waals surface area contributed by atoms with Crippen LogP contribution in [-0.4, -0.2) is 7.11 Å². The van der Waals surface area contributed by atoms with Gasteiger partial charge in [-0.15, -0.1) is 0 Å². The minimum Gasteiger partial charge on any atom is -0.496 e. The minimum absolute atomic E-state index is 0.156. The van der Waals surface area contributed by atoms with Gasteiger partial charge in [0.15, 0.2) is 0 Å². The van der Waals surface area contributed by atoms with Crippen LogP contribution in [-0.2, 0) is 36.5 Å². The largest absolute Gasteiger partial charge is 0.496 e. The highest BCUT2D eigenvalue weighted by Crippen LogP contribution is 2.36. The molecule has 1 aliphatic carbocycles. The molecule has 1 nitrogen and oxygen atoms in total. The first kappa shape index (κ1) is 20.0. The predicted octanol–water partition coefficient (Wildman–Crippen LogP) is 6.48. The van der Waals surface area contributed by atoms with Crippen molar-refractivity contribution in [3.8, 4) is 5.75 Å². The molecule has 1 heteroatoms. The van der Waals surface area contributed by atoms with Crippen LogP contribution in [0.1, 0.15) is 80.5 Å². The van der Waals surface area contributed by atoms with Crippen LogP contribution in [0.25, 0.3) is 0 Å². The van der Waals surface area contributed by atoms with E-state index in [0.29, 0.717) is 0 Å². The van der Waals surface area contributed by atoms with Crippen molar-refractivity contribution in [1.82, 2.24) is 0 Å². The Morgan fingerprint density at radius 1 is 0.630 bits per heavy atom. The standard InChI is InChI=1S/C26H36O/c1-17-18-9-11-20-15-23(26(5,6)7)16-21(24(20)27-8)12-10-19(17)14-22(13-18)25(2,3)4/h13-16H,9-12H2,1-8H3. The average Bonchev–Trinajstić information content (AvgIpc) is 2.56. The molecule has 146 valence electrons. The molecule has 2 aromatic carbocycles. The van der Waals surface area contributed by atoms with E-state index < -0.39 is 0 Å². The van der Waals surface area contributed by atoms with Gasteiger partial charge in [-0.1, -0.05) is 65.8 Å². The zero-order chi connectivity index (χ0) is 20.0. The topological polar surface area (TPSA) is 9.23 Å². The molecule has 0 saturated heterocycles. The van der Waals surface area contributed by atoms with Crippen molar-refractivity contribution in [2.24, 2.45) is 0 Å². The van der Waals surface area contributed by atoms with Crippen molar-refractivity contribution < 1.29 is 4.74 Å². The summed E-state index contributed by atoms with van der Waals surface area (Å²) in [5.41, 5.74) is 10.5. The van der Waals surface area contributed by atoms with Gasteiger partial charge in [-0.25, -0.2) is 0 Å². The van der Waals surface area contributed by atoms with Gasteiger partial charge in [0.2, 0.25) is 0 Å². The molecular formula is C26H36O. The highest BCUT2D eigenvalue weighted by atomic mass is 16.5. The van der Waals surface area contributed by atoms with Gasteiger partial charge >= 0.3 is 0 Å². The summed E-state index contributed by atoms with van der Waals surface area (Å²) in [4.78, 5) is 0. The zero-order valence-corrected chi connectivity index (χ0v) is 18.5. The molecule has 0 aromatic heterocycles. The molecular weight excluding hydrogens is 328 g/mol. The second-order valence-electron chi connectivity index (χ2n) is 10.2. The third kappa shape index (κ3) is 4.08. The number of ether oxygens (including phenoxy) is 1. The molecule has 3 rings (SSSR count). The van der Waals surface area contributed by atoms with Gasteiger partial charge in [-0.05, 0) is 82.4 Å². The predicted molar refractivity (Wildman–Crippen MR) is 116 cm³/mol. The molecule has 0 heterocycles. The highest BCUT2D eigenvalue weighted by Gasteiger charge is 2.22. The molecule has 27 heavy (non-hydrogen) atoms. The summed E-state index contributed by atoms with van der Waals surface area (Å²) in [5, 5.41) is 0. The van der Waals surface area contributed by atoms with E-state index in [1.165, 1.54) is 38.9 Å². The lowest BCUT2D eigenvalue weighted by Gasteiger charge is -2.27. The first-order valence-electron chi connectivity index (χ1n) is 10.3. The Morgan fingerprint density at radius 3 is 1.30 bits per heavy atom. The molecule has 0 N–H and O–H groups in total. The average molecular weight is 365 g/mol. The molecule has 0 atom stereocenters. The Kier molecular flexibility index (Phi) is 5.18. The molecule has 0 saturated carbocycles. The van der Waals surface area contributed by atoms with E-state index in [4.69, 9.17) is 4.74 Å². The van der Waals surface area contributed by atoms with Gasteiger partial charge < -0.3 is 4.74 Å². The maximum Gasteiger partial charge on any atom is 0.125 e. The van der Waals surface area contributed by atoms with Gasteiger partial charge in [0.05, 0.1) is 7.11 Å². The summed E-state index contributed by atoms with van der Waals surface area (Å²) in [6, 6.07) is 9.66. The van der Waals surface area contributed by atoms with E-state index >= 15 is 0 Å². The fourth-order valence-corrected chi connectivity index (χ4v) is 4.15. The third-order valence-corrected chi connectivity index (χ3v) is 6.13. The van der Waals surface area contributed by atoms with E-state index in [-0.39, 0.29) is 10.8 Å². The normalized spacial score (nSPS) is 14.8.